The molecule has 0 saturated heterocycles. The molecule has 3 rings (SSSR count). The van der Waals surface area contributed by atoms with Gasteiger partial charge in [-0.3, -0.25) is 4.79 Å². The van der Waals surface area contributed by atoms with Gasteiger partial charge in [0.25, 0.3) is 0 Å². The van der Waals surface area contributed by atoms with Crippen LogP contribution in [0.3, 0.4) is 0 Å². The van der Waals surface area contributed by atoms with Crippen molar-refractivity contribution >= 4 is 40.0 Å². The molecular weight excluding hydrogens is 356 g/mol. The Morgan fingerprint density at radius 3 is 2.92 bits per heavy atom. The zero-order chi connectivity index (χ0) is 17.6. The molecule has 0 bridgehead atoms. The van der Waals surface area contributed by atoms with Crippen LogP contribution in [0, 0.1) is 0 Å². The molecule has 1 aliphatic carbocycles. The van der Waals surface area contributed by atoms with E-state index in [0.717, 1.165) is 36.3 Å². The highest BCUT2D eigenvalue weighted by molar-refractivity contribution is 7.99. The average molecular weight is 377 g/mol. The van der Waals surface area contributed by atoms with Crippen molar-refractivity contribution in [2.75, 3.05) is 18.2 Å². The van der Waals surface area contributed by atoms with Crippen LogP contribution in [0.2, 0.25) is 0 Å². The molecule has 0 aromatic carbocycles. The maximum absolute atomic E-state index is 12.3. The number of thioether (sulfide) groups is 1. The lowest BCUT2D eigenvalue weighted by Gasteiger charge is -2.11. The Morgan fingerprint density at radius 1 is 1.32 bits per heavy atom. The minimum Gasteiger partial charge on any atom is -0.465 e. The maximum atomic E-state index is 12.3. The number of anilines is 1. The molecule has 0 fully saturated rings. The zero-order valence-corrected chi connectivity index (χ0v) is 15.7. The van der Waals surface area contributed by atoms with E-state index in [2.05, 4.69) is 10.3 Å². The fraction of sp³-hybridized carbons (Fsp3) is 0.389. The standard InChI is InChI=1S/C18H20N2O3S2/c1-23-18(22)16-12-6-2-3-7-13(12)25-17(16)20-14(21)9-11-24-15-8-4-5-10-19-15/h4-5,8,10H,2-3,6-7,9,11H2,1H3,(H,20,21). The normalized spacial score (nSPS) is 13.2. The summed E-state index contributed by atoms with van der Waals surface area (Å²) in [4.78, 5) is 29.9. The van der Waals surface area contributed by atoms with Crippen LogP contribution >= 0.6 is 23.1 Å². The van der Waals surface area contributed by atoms with Crippen molar-refractivity contribution in [3.8, 4) is 0 Å². The second-order valence-corrected chi connectivity index (χ2v) is 7.94. The predicted octanol–water partition coefficient (Wildman–Crippen LogP) is 3.93. The van der Waals surface area contributed by atoms with Gasteiger partial charge in [-0.25, -0.2) is 9.78 Å². The van der Waals surface area contributed by atoms with Gasteiger partial charge >= 0.3 is 5.97 Å². The largest absolute Gasteiger partial charge is 0.465 e. The molecule has 2 aromatic heterocycles. The molecule has 1 amide bonds. The second-order valence-electron chi connectivity index (χ2n) is 5.72. The summed E-state index contributed by atoms with van der Waals surface area (Å²) in [6, 6.07) is 5.71. The van der Waals surface area contributed by atoms with E-state index in [9.17, 15) is 9.59 Å². The summed E-state index contributed by atoms with van der Waals surface area (Å²) in [6.07, 6.45) is 6.15. The van der Waals surface area contributed by atoms with Crippen LogP contribution in [0.25, 0.3) is 0 Å². The number of amides is 1. The molecule has 7 heteroatoms. The number of fused-ring (bicyclic) bond motifs is 1. The predicted molar refractivity (Wildman–Crippen MR) is 101 cm³/mol. The Hall–Kier alpha value is -1.86. The Labute approximate surface area is 155 Å². The smallest absolute Gasteiger partial charge is 0.341 e. The Morgan fingerprint density at radius 2 is 2.16 bits per heavy atom. The fourth-order valence-corrected chi connectivity index (χ4v) is 4.94. The van der Waals surface area contributed by atoms with Crippen molar-refractivity contribution in [1.29, 1.82) is 0 Å². The number of carbonyl (C=O) groups is 2. The van der Waals surface area contributed by atoms with Crippen LogP contribution in [0.4, 0.5) is 5.00 Å². The second kappa shape index (κ2) is 8.49. The molecule has 1 N–H and O–H groups in total. The molecular formula is C18H20N2O3S2. The fourth-order valence-electron chi connectivity index (χ4n) is 2.84. The lowest BCUT2D eigenvalue weighted by molar-refractivity contribution is -0.115. The zero-order valence-electron chi connectivity index (χ0n) is 14.0. The van der Waals surface area contributed by atoms with Gasteiger partial charge in [-0.1, -0.05) is 6.07 Å². The van der Waals surface area contributed by atoms with Gasteiger partial charge in [0.2, 0.25) is 5.91 Å². The minimum atomic E-state index is -0.363. The summed E-state index contributed by atoms with van der Waals surface area (Å²) < 4.78 is 4.93. The van der Waals surface area contributed by atoms with Crippen molar-refractivity contribution in [1.82, 2.24) is 4.98 Å². The first kappa shape index (κ1) is 17.9. The number of thiophene rings is 1. The minimum absolute atomic E-state index is 0.0906. The highest BCUT2D eigenvalue weighted by atomic mass is 32.2. The van der Waals surface area contributed by atoms with Gasteiger partial charge in [-0.05, 0) is 43.4 Å². The Kier molecular flexibility index (Phi) is 6.09. The summed E-state index contributed by atoms with van der Waals surface area (Å²) in [5.41, 5.74) is 1.61. The van der Waals surface area contributed by atoms with E-state index in [4.69, 9.17) is 4.74 Å². The van der Waals surface area contributed by atoms with Gasteiger partial charge in [-0.15, -0.1) is 23.1 Å². The first-order valence-corrected chi connectivity index (χ1v) is 10.1. The van der Waals surface area contributed by atoms with E-state index in [-0.39, 0.29) is 11.9 Å². The molecule has 2 heterocycles. The van der Waals surface area contributed by atoms with Gasteiger partial charge in [-0.2, -0.15) is 0 Å². The maximum Gasteiger partial charge on any atom is 0.341 e. The Bertz CT molecular complexity index is 759. The molecule has 1 aliphatic rings. The van der Waals surface area contributed by atoms with Gasteiger partial charge in [0.15, 0.2) is 0 Å². The number of hydrogen-bond donors (Lipinski definition) is 1. The Balaban J connectivity index is 1.64. The molecule has 2 aromatic rings. The summed E-state index contributed by atoms with van der Waals surface area (Å²) in [5, 5.41) is 4.45. The lowest BCUT2D eigenvalue weighted by atomic mass is 9.95. The molecule has 0 unspecified atom stereocenters. The van der Waals surface area contributed by atoms with Gasteiger partial charge in [0.1, 0.15) is 5.00 Å². The van der Waals surface area contributed by atoms with E-state index >= 15 is 0 Å². The SMILES string of the molecule is COC(=O)c1c(NC(=O)CCSc2ccccn2)sc2c1CCCC2. The number of hydrogen-bond acceptors (Lipinski definition) is 6. The van der Waals surface area contributed by atoms with Crippen molar-refractivity contribution in [3.05, 3.63) is 40.4 Å². The summed E-state index contributed by atoms with van der Waals surface area (Å²) in [5.74, 6) is 0.186. The highest BCUT2D eigenvalue weighted by Gasteiger charge is 2.26. The summed E-state index contributed by atoms with van der Waals surface area (Å²) >= 11 is 3.05. The number of aromatic nitrogens is 1. The molecule has 132 valence electrons. The van der Waals surface area contributed by atoms with Gasteiger partial charge in [0.05, 0.1) is 17.7 Å². The highest BCUT2D eigenvalue weighted by Crippen LogP contribution is 2.38. The number of rotatable bonds is 6. The quantitative estimate of drug-likeness (QED) is 0.611. The van der Waals surface area contributed by atoms with Crippen LogP contribution in [0.1, 0.15) is 40.1 Å². The number of nitrogens with one attached hydrogen (secondary N) is 1. The van der Waals surface area contributed by atoms with Crippen molar-refractivity contribution in [2.45, 2.75) is 37.1 Å². The first-order chi connectivity index (χ1) is 12.2. The van der Waals surface area contributed by atoms with E-state index in [1.54, 1.807) is 18.0 Å². The van der Waals surface area contributed by atoms with Crippen LogP contribution in [-0.2, 0) is 22.4 Å². The topological polar surface area (TPSA) is 68.3 Å². The monoisotopic (exact) mass is 376 g/mol. The van der Waals surface area contributed by atoms with Crippen molar-refractivity contribution in [2.24, 2.45) is 0 Å². The number of carbonyl (C=O) groups excluding carboxylic acids is 2. The van der Waals surface area contributed by atoms with Crippen LogP contribution in [-0.4, -0.2) is 29.7 Å². The number of nitrogens with zero attached hydrogens (tertiary/aromatic N) is 1. The third kappa shape index (κ3) is 4.41. The number of ether oxygens (including phenoxy) is 1. The molecule has 0 spiro atoms. The molecule has 0 saturated carbocycles. The van der Waals surface area contributed by atoms with E-state index < -0.39 is 0 Å². The molecule has 25 heavy (non-hydrogen) atoms. The van der Waals surface area contributed by atoms with Crippen LogP contribution < -0.4 is 5.32 Å². The van der Waals surface area contributed by atoms with E-state index in [1.165, 1.54) is 23.3 Å². The van der Waals surface area contributed by atoms with Crippen molar-refractivity contribution in [3.63, 3.8) is 0 Å². The summed E-state index contributed by atoms with van der Waals surface area (Å²) in [6.45, 7) is 0. The third-order valence-corrected chi connectivity index (χ3v) is 6.18. The average Bonchev–Trinajstić information content (AvgIpc) is 2.99. The van der Waals surface area contributed by atoms with E-state index in [1.807, 2.05) is 18.2 Å². The molecule has 0 atom stereocenters. The molecule has 5 nitrogen and oxygen atoms in total. The summed E-state index contributed by atoms with van der Waals surface area (Å²) in [7, 11) is 1.38. The van der Waals surface area contributed by atoms with Gasteiger partial charge in [0, 0.05) is 23.2 Å². The number of esters is 1. The van der Waals surface area contributed by atoms with Crippen LogP contribution in [0.5, 0.6) is 0 Å². The lowest BCUT2D eigenvalue weighted by Crippen LogP contribution is -2.15. The third-order valence-electron chi connectivity index (χ3n) is 4.03. The number of aryl methyl sites for hydroxylation is 1. The van der Waals surface area contributed by atoms with Crippen LogP contribution in [0.15, 0.2) is 29.4 Å². The molecule has 0 radical (unpaired) electrons. The van der Waals surface area contributed by atoms with Crippen molar-refractivity contribution < 1.29 is 14.3 Å². The van der Waals surface area contributed by atoms with E-state index in [0.29, 0.717) is 22.7 Å². The number of methoxy groups -OCH3 is 1. The van der Waals surface area contributed by atoms with Gasteiger partial charge < -0.3 is 10.1 Å². The molecule has 0 aliphatic heterocycles. The first-order valence-electron chi connectivity index (χ1n) is 8.25. The number of pyridine rings is 1.